The molecule has 3 aromatic heterocycles. The van der Waals surface area contributed by atoms with Crippen molar-refractivity contribution >= 4 is 57.4 Å². The molecule has 3 aromatic rings. The summed E-state index contributed by atoms with van der Waals surface area (Å²) in [6, 6.07) is 1.56. The average molecular weight is 518 g/mol. The van der Waals surface area contributed by atoms with Gasteiger partial charge in [0.15, 0.2) is 11.0 Å². The van der Waals surface area contributed by atoms with E-state index < -0.39 is 11.9 Å². The molecule has 1 saturated carbocycles. The van der Waals surface area contributed by atoms with Gasteiger partial charge in [0.2, 0.25) is 0 Å². The zero-order valence-corrected chi connectivity index (χ0v) is 20.2. The standard InChI is InChI=1S/C23H21ClFN5O4S/c1-35-21-11-5-14(13-3-2-10-8-34-23(33)29(10)13)30(18-9-4-15(18)28(7-9)22(31)32)19(11)12-6-26-20(24)16(25)17(12)27-21/h5-6,9-10,13,15,18H,2-4,7-8H2,1H3,(H,31,32)/t9-,10+,13?,15-,18+/m1/s1. The van der Waals surface area contributed by atoms with E-state index in [1.54, 1.807) is 0 Å². The van der Waals surface area contributed by atoms with Gasteiger partial charge in [-0.15, -0.1) is 11.8 Å². The molecule has 5 atom stereocenters. The van der Waals surface area contributed by atoms with Crippen LogP contribution in [0.4, 0.5) is 14.0 Å². The van der Waals surface area contributed by atoms with Crippen LogP contribution >= 0.6 is 23.4 Å². The molecule has 1 N–H and O–H groups in total. The van der Waals surface area contributed by atoms with Crippen molar-refractivity contribution in [1.82, 2.24) is 24.3 Å². The number of rotatable bonds is 3. The second-order valence-corrected chi connectivity index (χ2v) is 10.8. The monoisotopic (exact) mass is 517 g/mol. The number of nitrogens with zero attached hydrogens (tertiary/aromatic N) is 5. The average Bonchev–Trinajstić information content (AvgIpc) is 3.62. The SMILES string of the molecule is CSc1nc2c(F)c(Cl)ncc2c2c1cc(C1CC[C@H]3COC(=O)N13)n2[C@H]1[C@@H]2C[C@H]1N(C(=O)O)C2. The van der Waals surface area contributed by atoms with Gasteiger partial charge < -0.3 is 19.3 Å². The molecule has 4 aliphatic heterocycles. The highest BCUT2D eigenvalue weighted by Crippen LogP contribution is 2.54. The molecule has 182 valence electrons. The minimum atomic E-state index is -0.933. The summed E-state index contributed by atoms with van der Waals surface area (Å²) in [5.41, 5.74) is 1.81. The molecule has 5 fully saturated rings. The van der Waals surface area contributed by atoms with Gasteiger partial charge in [-0.05, 0) is 31.6 Å². The number of aromatic nitrogens is 3. The van der Waals surface area contributed by atoms with Crippen molar-refractivity contribution in [3.63, 3.8) is 0 Å². The second-order valence-electron chi connectivity index (χ2n) is 9.67. The predicted molar refractivity (Wildman–Crippen MR) is 126 cm³/mol. The zero-order chi connectivity index (χ0) is 24.2. The molecule has 0 radical (unpaired) electrons. The third-order valence-corrected chi connectivity index (χ3v) is 9.12. The lowest BCUT2D eigenvalue weighted by atomic mass is 9.79. The fraction of sp³-hybridized carbons (Fsp3) is 0.478. The number of carbonyl (C=O) groups is 2. The minimum Gasteiger partial charge on any atom is -0.465 e. The number of ether oxygens (including phenoxy) is 1. The highest BCUT2D eigenvalue weighted by molar-refractivity contribution is 7.98. The summed E-state index contributed by atoms with van der Waals surface area (Å²) in [5, 5.41) is 11.5. The normalized spacial score (nSPS) is 29.2. The molecule has 12 heteroatoms. The Hall–Kier alpha value is -2.79. The number of carboxylic acid groups (broad SMARTS) is 1. The number of fused-ring (bicyclic) bond motifs is 5. The lowest BCUT2D eigenvalue weighted by molar-refractivity contribution is 0.122. The van der Waals surface area contributed by atoms with Crippen molar-refractivity contribution in [3.8, 4) is 0 Å². The highest BCUT2D eigenvalue weighted by Gasteiger charge is 2.56. The quantitative estimate of drug-likeness (QED) is 0.397. The first-order valence-electron chi connectivity index (χ1n) is 11.6. The molecule has 8 rings (SSSR count). The molecule has 5 aliphatic rings. The Kier molecular flexibility index (Phi) is 4.52. The Morgan fingerprint density at radius 1 is 1.34 bits per heavy atom. The fourth-order valence-corrected chi connectivity index (χ4v) is 7.36. The Balaban J connectivity index is 1.53. The van der Waals surface area contributed by atoms with Crippen LogP contribution < -0.4 is 0 Å². The topological polar surface area (TPSA) is 101 Å². The van der Waals surface area contributed by atoms with Gasteiger partial charge in [-0.3, -0.25) is 4.90 Å². The van der Waals surface area contributed by atoms with Crippen LogP contribution in [0, 0.1) is 11.7 Å². The smallest absolute Gasteiger partial charge is 0.410 e. The number of cyclic esters (lactones) is 1. The van der Waals surface area contributed by atoms with Crippen LogP contribution in [-0.2, 0) is 4.74 Å². The van der Waals surface area contributed by atoms with Gasteiger partial charge in [-0.1, -0.05) is 11.6 Å². The molecule has 35 heavy (non-hydrogen) atoms. The predicted octanol–water partition coefficient (Wildman–Crippen LogP) is 4.68. The lowest BCUT2D eigenvalue weighted by Crippen LogP contribution is -2.43. The third kappa shape index (κ3) is 2.76. The summed E-state index contributed by atoms with van der Waals surface area (Å²) in [6.45, 7) is 0.838. The molecule has 2 amide bonds. The number of pyridine rings is 2. The van der Waals surface area contributed by atoms with Crippen molar-refractivity contribution in [2.24, 2.45) is 5.92 Å². The Labute approximate surface area is 208 Å². The Morgan fingerprint density at radius 2 is 2.17 bits per heavy atom. The van der Waals surface area contributed by atoms with Crippen LogP contribution in [0.5, 0.6) is 0 Å². The summed E-state index contributed by atoms with van der Waals surface area (Å²) in [7, 11) is 0. The zero-order valence-electron chi connectivity index (χ0n) is 18.6. The van der Waals surface area contributed by atoms with Crippen LogP contribution in [0.1, 0.15) is 37.0 Å². The van der Waals surface area contributed by atoms with Crippen LogP contribution in [-0.4, -0.2) is 73.1 Å². The van der Waals surface area contributed by atoms with Gasteiger partial charge in [0.25, 0.3) is 0 Å². The molecule has 0 aromatic carbocycles. The van der Waals surface area contributed by atoms with Crippen molar-refractivity contribution < 1.29 is 23.8 Å². The summed E-state index contributed by atoms with van der Waals surface area (Å²) in [5.74, 6) is -0.539. The van der Waals surface area contributed by atoms with Crippen LogP contribution in [0.3, 0.4) is 0 Å². The first kappa shape index (κ1) is 21.5. The summed E-state index contributed by atoms with van der Waals surface area (Å²) >= 11 is 7.41. The van der Waals surface area contributed by atoms with E-state index in [4.69, 9.17) is 16.3 Å². The maximum Gasteiger partial charge on any atom is 0.410 e. The number of amides is 2. The van der Waals surface area contributed by atoms with E-state index >= 15 is 4.39 Å². The number of hydrogen-bond acceptors (Lipinski definition) is 6. The van der Waals surface area contributed by atoms with E-state index in [0.717, 1.165) is 35.9 Å². The number of thioether (sulfide) groups is 1. The van der Waals surface area contributed by atoms with Gasteiger partial charge in [0, 0.05) is 35.1 Å². The van der Waals surface area contributed by atoms with Gasteiger partial charge in [0.1, 0.15) is 17.1 Å². The van der Waals surface area contributed by atoms with E-state index in [2.05, 4.69) is 14.5 Å². The van der Waals surface area contributed by atoms with Crippen molar-refractivity contribution in [2.45, 2.75) is 48.5 Å². The molecular weight excluding hydrogens is 497 g/mol. The van der Waals surface area contributed by atoms with Gasteiger partial charge >= 0.3 is 12.2 Å². The number of hydrogen-bond donors (Lipinski definition) is 1. The maximum atomic E-state index is 15.1. The van der Waals surface area contributed by atoms with E-state index in [9.17, 15) is 14.7 Å². The summed E-state index contributed by atoms with van der Waals surface area (Å²) in [6.07, 6.45) is 4.55. The van der Waals surface area contributed by atoms with E-state index in [1.807, 2.05) is 17.2 Å². The van der Waals surface area contributed by atoms with E-state index in [0.29, 0.717) is 23.6 Å². The summed E-state index contributed by atoms with van der Waals surface area (Å²) in [4.78, 5) is 36.5. The highest BCUT2D eigenvalue weighted by atomic mass is 35.5. The Bertz CT molecular complexity index is 1450. The molecular formula is C23H21ClFN5O4S. The molecule has 1 unspecified atom stereocenters. The van der Waals surface area contributed by atoms with E-state index in [-0.39, 0.29) is 46.8 Å². The van der Waals surface area contributed by atoms with Gasteiger partial charge in [0.05, 0.1) is 29.7 Å². The fourth-order valence-electron chi connectivity index (χ4n) is 6.66. The molecule has 4 saturated heterocycles. The van der Waals surface area contributed by atoms with Crippen molar-refractivity contribution in [2.75, 3.05) is 19.4 Å². The van der Waals surface area contributed by atoms with E-state index in [1.165, 1.54) is 22.9 Å². The van der Waals surface area contributed by atoms with Crippen LogP contribution in [0.2, 0.25) is 5.15 Å². The van der Waals surface area contributed by atoms with Gasteiger partial charge in [-0.2, -0.15) is 0 Å². The molecule has 2 bridgehead atoms. The maximum absolute atomic E-state index is 15.1. The number of carbonyl (C=O) groups excluding carboxylic acids is 1. The third-order valence-electron chi connectivity index (χ3n) is 8.16. The molecule has 0 spiro atoms. The number of halogens is 2. The molecule has 9 nitrogen and oxygen atoms in total. The van der Waals surface area contributed by atoms with Crippen molar-refractivity contribution in [1.29, 1.82) is 0 Å². The summed E-state index contributed by atoms with van der Waals surface area (Å²) < 4.78 is 22.6. The lowest BCUT2D eigenvalue weighted by Gasteiger charge is -2.40. The van der Waals surface area contributed by atoms with Gasteiger partial charge in [-0.25, -0.2) is 23.9 Å². The van der Waals surface area contributed by atoms with Crippen LogP contribution in [0.25, 0.3) is 21.8 Å². The minimum absolute atomic E-state index is 0.0281. The Morgan fingerprint density at radius 3 is 2.91 bits per heavy atom. The van der Waals surface area contributed by atoms with Crippen LogP contribution in [0.15, 0.2) is 17.3 Å². The first-order chi connectivity index (χ1) is 16.9. The van der Waals surface area contributed by atoms with Crippen molar-refractivity contribution in [3.05, 3.63) is 28.9 Å². The molecule has 7 heterocycles. The largest absolute Gasteiger partial charge is 0.465 e. The molecule has 1 aliphatic carbocycles. The second kappa shape index (κ2) is 7.36. The first-order valence-corrected chi connectivity index (χ1v) is 13.2.